The van der Waals surface area contributed by atoms with Crippen LogP contribution in [0.5, 0.6) is 0 Å². The summed E-state index contributed by atoms with van der Waals surface area (Å²) in [7, 11) is 5.43. The quantitative estimate of drug-likeness (QED) is 0.419. The summed E-state index contributed by atoms with van der Waals surface area (Å²) >= 11 is 11.8. The molecule has 0 aliphatic heterocycles. The molecule has 0 aromatic heterocycles. The van der Waals surface area contributed by atoms with E-state index in [4.69, 9.17) is 36.8 Å². The molecule has 2 radical (unpaired) electrons. The summed E-state index contributed by atoms with van der Waals surface area (Å²) in [6.07, 6.45) is 3.65. The molecule has 0 aliphatic rings. The van der Waals surface area contributed by atoms with E-state index in [-0.39, 0.29) is 0 Å². The first kappa shape index (κ1) is 20.3. The van der Waals surface area contributed by atoms with Crippen molar-refractivity contribution in [2.24, 2.45) is 5.73 Å². The van der Waals surface area contributed by atoms with Gasteiger partial charge in [0.05, 0.1) is 17.9 Å². The summed E-state index contributed by atoms with van der Waals surface area (Å²) in [4.78, 5) is 11.4. The number of nitrogens with one attached hydrogen (secondary N) is 1. The predicted octanol–water partition coefficient (Wildman–Crippen LogP) is 3.40. The van der Waals surface area contributed by atoms with E-state index in [1.807, 2.05) is 12.1 Å². The molecule has 1 atom stereocenters. The van der Waals surface area contributed by atoms with Gasteiger partial charge in [0.2, 0.25) is 0 Å². The van der Waals surface area contributed by atoms with Crippen LogP contribution in [0.15, 0.2) is 18.2 Å². The Balaban J connectivity index is 2.33. The fraction of sp³-hybridized carbons (Fsp3) is 0.562. The van der Waals surface area contributed by atoms with Crippen LogP contribution in [0.4, 0.5) is 0 Å². The van der Waals surface area contributed by atoms with Crippen molar-refractivity contribution in [2.45, 2.75) is 50.5 Å². The molecule has 0 heterocycles. The SMILES string of the molecule is [B]CCCCC(N)(CCCNCc1ccc(Cl)c(Cl)c1)C(=O)O. The number of benzene rings is 1. The molecule has 0 aliphatic carbocycles. The van der Waals surface area contributed by atoms with Crippen LogP contribution in [-0.2, 0) is 11.3 Å². The molecule has 0 amide bonds. The fourth-order valence-electron chi connectivity index (χ4n) is 2.33. The molecule has 7 heteroatoms. The highest BCUT2D eigenvalue weighted by atomic mass is 35.5. The van der Waals surface area contributed by atoms with Gasteiger partial charge >= 0.3 is 5.97 Å². The summed E-state index contributed by atoms with van der Waals surface area (Å²) in [5.41, 5.74) is 5.87. The summed E-state index contributed by atoms with van der Waals surface area (Å²) in [6.45, 7) is 1.33. The lowest BCUT2D eigenvalue weighted by molar-refractivity contribution is -0.144. The maximum absolute atomic E-state index is 11.4. The van der Waals surface area contributed by atoms with Crippen molar-refractivity contribution in [1.29, 1.82) is 0 Å². The molecule has 0 bridgehead atoms. The second-order valence-corrected chi connectivity index (χ2v) is 6.55. The van der Waals surface area contributed by atoms with Crippen LogP contribution in [-0.4, -0.2) is 31.0 Å². The first-order valence-electron chi connectivity index (χ1n) is 7.76. The molecule has 1 unspecified atom stereocenters. The van der Waals surface area contributed by atoms with Crippen molar-refractivity contribution in [2.75, 3.05) is 6.54 Å². The summed E-state index contributed by atoms with van der Waals surface area (Å²) in [5.74, 6) is -0.945. The molecule has 1 rings (SSSR count). The first-order chi connectivity index (χ1) is 10.9. The third kappa shape index (κ3) is 7.13. The molecule has 0 saturated carbocycles. The zero-order chi connectivity index (χ0) is 17.3. The van der Waals surface area contributed by atoms with E-state index in [0.29, 0.717) is 48.7 Å². The lowest BCUT2D eigenvalue weighted by Gasteiger charge is -2.24. The van der Waals surface area contributed by atoms with Crippen LogP contribution in [0, 0.1) is 0 Å². The van der Waals surface area contributed by atoms with Gasteiger partial charge < -0.3 is 16.2 Å². The molecule has 23 heavy (non-hydrogen) atoms. The van der Waals surface area contributed by atoms with E-state index in [1.165, 1.54) is 0 Å². The van der Waals surface area contributed by atoms with E-state index in [1.54, 1.807) is 6.07 Å². The number of carbonyl (C=O) groups is 1. The summed E-state index contributed by atoms with van der Waals surface area (Å²) < 4.78 is 0. The van der Waals surface area contributed by atoms with Crippen LogP contribution in [0.25, 0.3) is 0 Å². The minimum absolute atomic E-state index is 0.432. The second-order valence-electron chi connectivity index (χ2n) is 5.74. The minimum Gasteiger partial charge on any atom is -0.480 e. The largest absolute Gasteiger partial charge is 0.480 e. The predicted molar refractivity (Wildman–Crippen MR) is 96.4 cm³/mol. The van der Waals surface area contributed by atoms with Crippen molar-refractivity contribution in [3.05, 3.63) is 33.8 Å². The lowest BCUT2D eigenvalue weighted by Crippen LogP contribution is -2.48. The number of rotatable bonds is 11. The van der Waals surface area contributed by atoms with E-state index in [2.05, 4.69) is 5.32 Å². The van der Waals surface area contributed by atoms with Gasteiger partial charge in [0.15, 0.2) is 0 Å². The Kier molecular flexibility index (Phi) is 8.99. The zero-order valence-electron chi connectivity index (χ0n) is 13.2. The highest BCUT2D eigenvalue weighted by molar-refractivity contribution is 6.42. The zero-order valence-corrected chi connectivity index (χ0v) is 14.7. The Morgan fingerprint density at radius 1 is 1.22 bits per heavy atom. The average Bonchev–Trinajstić information content (AvgIpc) is 2.50. The topological polar surface area (TPSA) is 75.3 Å². The normalized spacial score (nSPS) is 13.7. The van der Waals surface area contributed by atoms with Gasteiger partial charge in [-0.3, -0.25) is 4.79 Å². The van der Waals surface area contributed by atoms with Crippen LogP contribution >= 0.6 is 23.2 Å². The number of carboxylic acids is 1. The molecule has 4 nitrogen and oxygen atoms in total. The third-order valence-electron chi connectivity index (χ3n) is 3.79. The van der Waals surface area contributed by atoms with Crippen LogP contribution in [0.2, 0.25) is 16.4 Å². The number of hydrogen-bond donors (Lipinski definition) is 3. The van der Waals surface area contributed by atoms with Crippen LogP contribution in [0.3, 0.4) is 0 Å². The van der Waals surface area contributed by atoms with E-state index >= 15 is 0 Å². The van der Waals surface area contributed by atoms with Crippen molar-refractivity contribution in [1.82, 2.24) is 5.32 Å². The van der Waals surface area contributed by atoms with Gasteiger partial charge in [-0.25, -0.2) is 0 Å². The van der Waals surface area contributed by atoms with Crippen LogP contribution in [0.1, 0.15) is 37.7 Å². The van der Waals surface area contributed by atoms with Gasteiger partial charge in [0, 0.05) is 6.54 Å². The molecule has 0 saturated heterocycles. The van der Waals surface area contributed by atoms with Gasteiger partial charge in [-0.2, -0.15) is 0 Å². The van der Waals surface area contributed by atoms with Crippen molar-refractivity contribution >= 4 is 37.0 Å². The molecule has 1 aromatic carbocycles. The van der Waals surface area contributed by atoms with E-state index in [0.717, 1.165) is 18.4 Å². The number of unbranched alkanes of at least 4 members (excludes halogenated alkanes) is 1. The molecule has 126 valence electrons. The lowest BCUT2D eigenvalue weighted by atomic mass is 9.87. The summed E-state index contributed by atoms with van der Waals surface area (Å²) in [6, 6.07) is 5.47. The highest BCUT2D eigenvalue weighted by Crippen LogP contribution is 2.22. The molecular weight excluding hydrogens is 334 g/mol. The smallest absolute Gasteiger partial charge is 0.323 e. The Labute approximate surface area is 149 Å². The Bertz CT molecular complexity index is 517. The van der Waals surface area contributed by atoms with Gasteiger partial charge in [-0.1, -0.05) is 48.4 Å². The third-order valence-corrected chi connectivity index (χ3v) is 4.53. The number of hydrogen-bond acceptors (Lipinski definition) is 3. The number of aliphatic carboxylic acids is 1. The minimum atomic E-state index is -1.17. The monoisotopic (exact) mass is 356 g/mol. The average molecular weight is 357 g/mol. The van der Waals surface area contributed by atoms with E-state index in [9.17, 15) is 9.90 Å². The van der Waals surface area contributed by atoms with Crippen LogP contribution < -0.4 is 11.1 Å². The maximum atomic E-state index is 11.4. The number of nitrogens with two attached hydrogens (primary N) is 1. The Morgan fingerprint density at radius 3 is 2.52 bits per heavy atom. The number of halogens is 2. The Hall–Kier alpha value is -0.745. The molecule has 1 aromatic rings. The fourth-order valence-corrected chi connectivity index (χ4v) is 2.66. The maximum Gasteiger partial charge on any atom is 0.323 e. The molecule has 0 spiro atoms. The second kappa shape index (κ2) is 10.2. The highest BCUT2D eigenvalue weighted by Gasteiger charge is 2.32. The van der Waals surface area contributed by atoms with Crippen molar-refractivity contribution in [3.8, 4) is 0 Å². The summed E-state index contributed by atoms with van der Waals surface area (Å²) in [5, 5.41) is 13.6. The van der Waals surface area contributed by atoms with Gasteiger partial charge in [-0.05, 0) is 43.5 Å². The van der Waals surface area contributed by atoms with Crippen molar-refractivity contribution < 1.29 is 9.90 Å². The Morgan fingerprint density at radius 2 is 1.91 bits per heavy atom. The van der Waals surface area contributed by atoms with Gasteiger partial charge in [-0.15, -0.1) is 0 Å². The standard InChI is InChI=1S/C16H23BCl2N2O2/c17-8-2-1-6-16(20,15(22)23)7-3-9-21-11-12-4-5-13(18)14(19)10-12/h4-5,10,21H,1-3,6-9,11,20H2,(H,22,23). The van der Waals surface area contributed by atoms with Gasteiger partial charge in [0.25, 0.3) is 0 Å². The molecular formula is C16H23BCl2N2O2. The van der Waals surface area contributed by atoms with E-state index < -0.39 is 11.5 Å². The molecule has 4 N–H and O–H groups in total. The number of carboxylic acid groups (broad SMARTS) is 1. The van der Waals surface area contributed by atoms with Gasteiger partial charge in [0.1, 0.15) is 5.54 Å². The first-order valence-corrected chi connectivity index (χ1v) is 8.51. The van der Waals surface area contributed by atoms with Crippen molar-refractivity contribution in [3.63, 3.8) is 0 Å². The molecule has 0 fully saturated rings.